The van der Waals surface area contributed by atoms with Gasteiger partial charge < -0.3 is 4.74 Å². The Hall–Kier alpha value is -3.07. The highest BCUT2D eigenvalue weighted by atomic mass is 16.5. The number of aromatic nitrogens is 5. The molecule has 0 unspecified atom stereocenters. The Morgan fingerprint density at radius 3 is 3.05 bits per heavy atom. The van der Waals surface area contributed by atoms with Crippen LogP contribution in [-0.2, 0) is 6.42 Å². The van der Waals surface area contributed by atoms with Gasteiger partial charge in [0.2, 0.25) is 0 Å². The number of ether oxygens (including phenoxy) is 1. The minimum atomic E-state index is 0.629. The van der Waals surface area contributed by atoms with E-state index >= 15 is 0 Å². The van der Waals surface area contributed by atoms with Gasteiger partial charge in [0.1, 0.15) is 17.8 Å². The summed E-state index contributed by atoms with van der Waals surface area (Å²) in [6.45, 7) is 0. The van der Waals surface area contributed by atoms with Crippen LogP contribution in [-0.4, -0.2) is 31.7 Å². The van der Waals surface area contributed by atoms with Gasteiger partial charge in [0.05, 0.1) is 36.1 Å². The monoisotopic (exact) mass is 277 g/mol. The Bertz CT molecular complexity index is 884. The van der Waals surface area contributed by atoms with Crippen LogP contribution < -0.4 is 4.74 Å². The Morgan fingerprint density at radius 2 is 2.24 bits per heavy atom. The summed E-state index contributed by atoms with van der Waals surface area (Å²) in [5.74, 6) is 3.39. The van der Waals surface area contributed by atoms with Crippen molar-refractivity contribution in [2.45, 2.75) is 6.42 Å². The van der Waals surface area contributed by atoms with E-state index in [2.05, 4.69) is 21.2 Å². The third-order valence-corrected chi connectivity index (χ3v) is 3.64. The van der Waals surface area contributed by atoms with E-state index in [1.165, 1.54) is 0 Å². The number of nitrogens with zero attached hydrogens (tertiary/aromatic N) is 5. The van der Waals surface area contributed by atoms with E-state index in [0.29, 0.717) is 12.1 Å². The predicted molar refractivity (Wildman–Crippen MR) is 75.8 cm³/mol. The minimum absolute atomic E-state index is 0.629. The SMILES string of the molecule is C#Cc1ncn2c1Cc1cnnn1-c1cc(OC)ccc1-2. The molecule has 3 heterocycles. The molecule has 6 heteroatoms. The lowest BCUT2D eigenvalue weighted by Gasteiger charge is -2.11. The van der Waals surface area contributed by atoms with Gasteiger partial charge in [-0.05, 0) is 18.1 Å². The van der Waals surface area contributed by atoms with Gasteiger partial charge in [0.15, 0.2) is 0 Å². The molecule has 0 spiro atoms. The molecule has 1 aromatic carbocycles. The highest BCUT2D eigenvalue weighted by Crippen LogP contribution is 2.30. The zero-order valence-electron chi connectivity index (χ0n) is 11.3. The summed E-state index contributed by atoms with van der Waals surface area (Å²) in [5.41, 5.74) is 4.40. The van der Waals surface area contributed by atoms with Crippen molar-refractivity contribution in [3.63, 3.8) is 0 Å². The summed E-state index contributed by atoms with van der Waals surface area (Å²) in [7, 11) is 1.64. The highest BCUT2D eigenvalue weighted by molar-refractivity contribution is 5.59. The van der Waals surface area contributed by atoms with Crippen LogP contribution in [0.15, 0.2) is 30.7 Å². The van der Waals surface area contributed by atoms with Crippen LogP contribution in [0.25, 0.3) is 11.4 Å². The standard InChI is InChI=1S/C15H11N5O/c1-3-12-14-6-10-8-17-18-20(10)15-7-11(21-2)4-5-13(15)19(14)9-16-12/h1,4-5,7-9H,6H2,2H3. The van der Waals surface area contributed by atoms with Crippen molar-refractivity contribution in [1.82, 2.24) is 24.5 Å². The van der Waals surface area contributed by atoms with Gasteiger partial charge in [-0.15, -0.1) is 11.5 Å². The van der Waals surface area contributed by atoms with E-state index in [1.54, 1.807) is 19.6 Å². The number of fused-ring (bicyclic) bond motifs is 5. The first-order valence-electron chi connectivity index (χ1n) is 6.43. The number of benzene rings is 1. The van der Waals surface area contributed by atoms with Gasteiger partial charge in [-0.3, -0.25) is 4.57 Å². The maximum atomic E-state index is 5.55. The second kappa shape index (κ2) is 4.21. The molecule has 1 aliphatic rings. The molecule has 0 N–H and O–H groups in total. The fraction of sp³-hybridized carbons (Fsp3) is 0.133. The summed E-state index contributed by atoms with van der Waals surface area (Å²) in [5, 5.41) is 8.18. The molecule has 21 heavy (non-hydrogen) atoms. The molecule has 3 aromatic rings. The second-order valence-corrected chi connectivity index (χ2v) is 4.72. The molecule has 0 fully saturated rings. The maximum absolute atomic E-state index is 5.55. The van der Waals surface area contributed by atoms with Gasteiger partial charge in [0.25, 0.3) is 0 Å². The number of methoxy groups -OCH3 is 1. The largest absolute Gasteiger partial charge is 0.497 e. The van der Waals surface area contributed by atoms with Crippen LogP contribution in [0.1, 0.15) is 17.1 Å². The molecule has 1 aliphatic heterocycles. The summed E-state index contributed by atoms with van der Waals surface area (Å²) in [6.07, 6.45) is 9.66. The molecule has 2 aromatic heterocycles. The molecule has 0 aliphatic carbocycles. The Labute approximate surface area is 121 Å². The zero-order valence-corrected chi connectivity index (χ0v) is 11.3. The summed E-state index contributed by atoms with van der Waals surface area (Å²) in [4.78, 5) is 4.30. The maximum Gasteiger partial charge on any atom is 0.134 e. The Kier molecular flexibility index (Phi) is 2.35. The molecular formula is C15H11N5O. The van der Waals surface area contributed by atoms with Gasteiger partial charge in [-0.2, -0.15) is 0 Å². The van der Waals surface area contributed by atoms with Crippen molar-refractivity contribution in [3.8, 4) is 29.5 Å². The van der Waals surface area contributed by atoms with Crippen LogP contribution in [0.4, 0.5) is 0 Å². The van der Waals surface area contributed by atoms with Crippen molar-refractivity contribution in [2.24, 2.45) is 0 Å². The van der Waals surface area contributed by atoms with Gasteiger partial charge in [-0.25, -0.2) is 9.67 Å². The fourth-order valence-electron chi connectivity index (χ4n) is 2.63. The summed E-state index contributed by atoms with van der Waals surface area (Å²) < 4.78 is 9.12. The quantitative estimate of drug-likeness (QED) is 0.493. The molecule has 4 rings (SSSR count). The third kappa shape index (κ3) is 1.58. The first-order valence-corrected chi connectivity index (χ1v) is 6.43. The van der Waals surface area contributed by atoms with E-state index in [-0.39, 0.29) is 0 Å². The normalized spacial score (nSPS) is 11.8. The number of terminal acetylenes is 1. The van der Waals surface area contributed by atoms with E-state index in [4.69, 9.17) is 11.2 Å². The van der Waals surface area contributed by atoms with Crippen molar-refractivity contribution < 1.29 is 4.74 Å². The Morgan fingerprint density at radius 1 is 1.33 bits per heavy atom. The van der Waals surface area contributed by atoms with E-state index in [1.807, 2.05) is 27.4 Å². The van der Waals surface area contributed by atoms with Gasteiger partial charge in [0, 0.05) is 12.5 Å². The minimum Gasteiger partial charge on any atom is -0.497 e. The van der Waals surface area contributed by atoms with E-state index in [9.17, 15) is 0 Å². The first kappa shape index (κ1) is 11.7. The van der Waals surface area contributed by atoms with E-state index in [0.717, 1.165) is 28.5 Å². The lowest BCUT2D eigenvalue weighted by molar-refractivity contribution is 0.414. The predicted octanol–water partition coefficient (Wildman–Crippen LogP) is 1.35. The molecule has 6 nitrogen and oxygen atoms in total. The van der Waals surface area contributed by atoms with Crippen LogP contribution in [0.5, 0.6) is 5.75 Å². The summed E-state index contributed by atoms with van der Waals surface area (Å²) in [6, 6.07) is 5.80. The molecule has 102 valence electrons. The lowest BCUT2D eigenvalue weighted by atomic mass is 10.2. The molecular weight excluding hydrogens is 266 g/mol. The number of hydrogen-bond acceptors (Lipinski definition) is 4. The molecule has 0 atom stereocenters. The average Bonchev–Trinajstić information content (AvgIpc) is 3.11. The van der Waals surface area contributed by atoms with Crippen LogP contribution in [0.2, 0.25) is 0 Å². The molecule has 0 saturated carbocycles. The van der Waals surface area contributed by atoms with Crippen LogP contribution >= 0.6 is 0 Å². The highest BCUT2D eigenvalue weighted by Gasteiger charge is 2.22. The third-order valence-electron chi connectivity index (χ3n) is 3.64. The van der Waals surface area contributed by atoms with E-state index < -0.39 is 0 Å². The molecule has 0 saturated heterocycles. The number of imidazole rings is 1. The number of rotatable bonds is 1. The Balaban J connectivity index is 2.08. The number of hydrogen-bond donors (Lipinski definition) is 0. The first-order chi connectivity index (χ1) is 10.3. The van der Waals surface area contributed by atoms with Crippen molar-refractivity contribution in [1.29, 1.82) is 0 Å². The molecule has 0 bridgehead atoms. The topological polar surface area (TPSA) is 57.8 Å². The van der Waals surface area contributed by atoms with Gasteiger partial charge >= 0.3 is 0 Å². The second-order valence-electron chi connectivity index (χ2n) is 4.72. The van der Waals surface area contributed by atoms with Crippen LogP contribution in [0.3, 0.4) is 0 Å². The zero-order chi connectivity index (χ0) is 14.4. The van der Waals surface area contributed by atoms with Crippen LogP contribution in [0, 0.1) is 12.3 Å². The van der Waals surface area contributed by atoms with Crippen molar-refractivity contribution in [3.05, 3.63) is 47.8 Å². The van der Waals surface area contributed by atoms with Gasteiger partial charge in [-0.1, -0.05) is 5.21 Å². The smallest absolute Gasteiger partial charge is 0.134 e. The lowest BCUT2D eigenvalue weighted by Crippen LogP contribution is -2.03. The molecule has 0 radical (unpaired) electrons. The molecule has 0 amide bonds. The average molecular weight is 277 g/mol. The fourth-order valence-corrected chi connectivity index (χ4v) is 2.63. The summed E-state index contributed by atoms with van der Waals surface area (Å²) >= 11 is 0. The van der Waals surface area contributed by atoms with Crippen molar-refractivity contribution in [2.75, 3.05) is 7.11 Å². The van der Waals surface area contributed by atoms with Crippen molar-refractivity contribution >= 4 is 0 Å².